The molecule has 0 aromatic rings. The molecule has 0 saturated heterocycles. The Kier molecular flexibility index (Phi) is 6.71. The fraction of sp³-hybridized carbons (Fsp3) is 0.714. The first-order valence-electron chi connectivity index (χ1n) is 9.73. The molecular formula is C21H30O6. The van der Waals surface area contributed by atoms with E-state index in [1.165, 1.54) is 27.1 Å². The standard InChI is InChI=1S/C13H18O6.C8H12/c1-16-6-18-12(14)10-8-3-4-9(5-8)11(10)13(15)19-7-17-2;1-6-4-7-2-3-8(6)5-7/h3-4,8-11H,5-7H2,1-2H3;2-3,6-8H,4-5H2,1H3. The van der Waals surface area contributed by atoms with Gasteiger partial charge in [-0.25, -0.2) is 0 Å². The number of allylic oxidation sites excluding steroid dienone is 4. The Morgan fingerprint density at radius 3 is 1.63 bits per heavy atom. The summed E-state index contributed by atoms with van der Waals surface area (Å²) in [5.41, 5.74) is 0. The fourth-order valence-electron chi connectivity index (χ4n) is 4.95. The highest BCUT2D eigenvalue weighted by Crippen LogP contribution is 2.49. The van der Waals surface area contributed by atoms with Crippen molar-refractivity contribution in [2.45, 2.75) is 26.2 Å². The van der Waals surface area contributed by atoms with Crippen molar-refractivity contribution in [3.63, 3.8) is 0 Å². The number of hydrogen-bond acceptors (Lipinski definition) is 6. The summed E-state index contributed by atoms with van der Waals surface area (Å²) in [5.74, 6) is 1.25. The van der Waals surface area contributed by atoms with Crippen LogP contribution in [0.5, 0.6) is 0 Å². The Labute approximate surface area is 160 Å². The van der Waals surface area contributed by atoms with E-state index >= 15 is 0 Å². The molecule has 4 bridgehead atoms. The van der Waals surface area contributed by atoms with Gasteiger partial charge in [0.25, 0.3) is 0 Å². The zero-order chi connectivity index (χ0) is 19.4. The van der Waals surface area contributed by atoms with Gasteiger partial charge in [0, 0.05) is 14.2 Å². The molecule has 27 heavy (non-hydrogen) atoms. The van der Waals surface area contributed by atoms with Crippen molar-refractivity contribution in [3.05, 3.63) is 24.3 Å². The summed E-state index contributed by atoms with van der Waals surface area (Å²) in [5, 5.41) is 0. The van der Waals surface area contributed by atoms with Crippen LogP contribution in [0, 0.1) is 41.4 Å². The fourth-order valence-corrected chi connectivity index (χ4v) is 4.95. The van der Waals surface area contributed by atoms with Crippen molar-refractivity contribution >= 4 is 11.9 Å². The van der Waals surface area contributed by atoms with Gasteiger partial charge in [0.05, 0.1) is 11.8 Å². The minimum absolute atomic E-state index is 0.0504. The number of carbonyl (C=O) groups is 2. The number of fused-ring (bicyclic) bond motifs is 4. The third kappa shape index (κ3) is 4.43. The van der Waals surface area contributed by atoms with Gasteiger partial charge in [-0.2, -0.15) is 0 Å². The number of esters is 2. The van der Waals surface area contributed by atoms with Gasteiger partial charge in [-0.15, -0.1) is 0 Å². The Bertz CT molecular complexity index is 563. The van der Waals surface area contributed by atoms with Gasteiger partial charge in [-0.1, -0.05) is 31.2 Å². The van der Waals surface area contributed by atoms with Crippen molar-refractivity contribution in [1.29, 1.82) is 0 Å². The third-order valence-electron chi connectivity index (χ3n) is 6.25. The van der Waals surface area contributed by atoms with Crippen molar-refractivity contribution in [2.75, 3.05) is 27.8 Å². The minimum atomic E-state index is -0.477. The largest absolute Gasteiger partial charge is 0.438 e. The Morgan fingerprint density at radius 1 is 0.778 bits per heavy atom. The molecule has 4 rings (SSSR count). The van der Waals surface area contributed by atoms with Gasteiger partial charge in [0.15, 0.2) is 13.6 Å². The Hall–Kier alpha value is -1.66. The maximum Gasteiger partial charge on any atom is 0.312 e. The summed E-state index contributed by atoms with van der Waals surface area (Å²) in [6, 6.07) is 0. The summed E-state index contributed by atoms with van der Waals surface area (Å²) in [6.07, 6.45) is 12.5. The quantitative estimate of drug-likeness (QED) is 0.402. The zero-order valence-electron chi connectivity index (χ0n) is 16.3. The van der Waals surface area contributed by atoms with E-state index in [-0.39, 0.29) is 25.4 Å². The van der Waals surface area contributed by atoms with Crippen LogP contribution in [0.4, 0.5) is 0 Å². The van der Waals surface area contributed by atoms with Crippen LogP contribution in [0.3, 0.4) is 0 Å². The second-order valence-electron chi connectivity index (χ2n) is 8.00. The van der Waals surface area contributed by atoms with E-state index in [2.05, 4.69) is 19.1 Å². The number of methoxy groups -OCH3 is 2. The van der Waals surface area contributed by atoms with Crippen LogP contribution >= 0.6 is 0 Å². The summed E-state index contributed by atoms with van der Waals surface area (Å²) in [7, 11) is 2.89. The van der Waals surface area contributed by atoms with E-state index in [4.69, 9.17) is 18.9 Å². The van der Waals surface area contributed by atoms with Crippen LogP contribution in [-0.4, -0.2) is 39.7 Å². The molecule has 150 valence electrons. The predicted octanol–water partition coefficient (Wildman–Crippen LogP) is 2.94. The molecule has 0 aliphatic heterocycles. The minimum Gasteiger partial charge on any atom is -0.438 e. The van der Waals surface area contributed by atoms with E-state index in [1.54, 1.807) is 0 Å². The smallest absolute Gasteiger partial charge is 0.312 e. The second kappa shape index (κ2) is 9.02. The normalized spacial score (nSPS) is 37.2. The molecular weight excluding hydrogens is 348 g/mol. The van der Waals surface area contributed by atoms with Crippen molar-refractivity contribution in [3.8, 4) is 0 Å². The number of carbonyl (C=O) groups excluding carboxylic acids is 2. The predicted molar refractivity (Wildman–Crippen MR) is 98.2 cm³/mol. The van der Waals surface area contributed by atoms with E-state index in [1.807, 2.05) is 12.2 Å². The van der Waals surface area contributed by atoms with E-state index < -0.39 is 23.8 Å². The van der Waals surface area contributed by atoms with Crippen molar-refractivity contribution in [2.24, 2.45) is 41.4 Å². The molecule has 6 heteroatoms. The molecule has 4 aliphatic rings. The highest BCUT2D eigenvalue weighted by atomic mass is 16.7. The van der Waals surface area contributed by atoms with Crippen LogP contribution in [0.15, 0.2) is 24.3 Å². The number of ether oxygens (including phenoxy) is 4. The Morgan fingerprint density at radius 2 is 1.30 bits per heavy atom. The first-order valence-corrected chi connectivity index (χ1v) is 9.73. The maximum absolute atomic E-state index is 12.0. The molecule has 0 amide bonds. The van der Waals surface area contributed by atoms with Crippen molar-refractivity contribution in [1.82, 2.24) is 0 Å². The summed E-state index contributed by atoms with van der Waals surface area (Å²) < 4.78 is 19.4. The topological polar surface area (TPSA) is 71.1 Å². The van der Waals surface area contributed by atoms with E-state index in [9.17, 15) is 9.59 Å². The molecule has 0 aromatic heterocycles. The van der Waals surface area contributed by atoms with Gasteiger partial charge in [-0.3, -0.25) is 9.59 Å². The molecule has 0 N–H and O–H groups in total. The van der Waals surface area contributed by atoms with Gasteiger partial charge in [-0.05, 0) is 48.9 Å². The average molecular weight is 378 g/mol. The van der Waals surface area contributed by atoms with E-state index in [0.717, 1.165) is 24.2 Å². The molecule has 4 aliphatic carbocycles. The lowest BCUT2D eigenvalue weighted by Crippen LogP contribution is -2.35. The molecule has 0 aromatic carbocycles. The average Bonchev–Trinajstić information content (AvgIpc) is 3.44. The van der Waals surface area contributed by atoms with Crippen LogP contribution in [0.1, 0.15) is 26.2 Å². The lowest BCUT2D eigenvalue weighted by molar-refractivity contribution is -0.172. The zero-order valence-corrected chi connectivity index (χ0v) is 16.3. The first kappa shape index (κ1) is 20.1. The lowest BCUT2D eigenvalue weighted by Gasteiger charge is -2.24. The number of rotatable bonds is 6. The van der Waals surface area contributed by atoms with E-state index in [0.29, 0.717) is 0 Å². The van der Waals surface area contributed by atoms with Gasteiger partial charge in [0.2, 0.25) is 0 Å². The lowest BCUT2D eigenvalue weighted by atomic mass is 9.83. The molecule has 0 spiro atoms. The Balaban J connectivity index is 0.000000216. The van der Waals surface area contributed by atoms with Crippen LogP contribution in [-0.2, 0) is 28.5 Å². The summed E-state index contributed by atoms with van der Waals surface area (Å²) in [4.78, 5) is 24.0. The van der Waals surface area contributed by atoms with Crippen molar-refractivity contribution < 1.29 is 28.5 Å². The third-order valence-corrected chi connectivity index (χ3v) is 6.25. The first-order chi connectivity index (χ1) is 13.0. The SMILES string of the molecule is CC1CC2C=CC1C2.COCOC(=O)C1C2C=CC(C2)C1C(=O)OCOC. The van der Waals surface area contributed by atoms with Gasteiger partial charge >= 0.3 is 11.9 Å². The molecule has 2 saturated carbocycles. The molecule has 7 unspecified atom stereocenters. The molecule has 2 fully saturated rings. The monoisotopic (exact) mass is 378 g/mol. The highest BCUT2D eigenvalue weighted by molar-refractivity contribution is 5.84. The summed E-state index contributed by atoms with van der Waals surface area (Å²) in [6.45, 7) is 2.17. The second-order valence-corrected chi connectivity index (χ2v) is 8.00. The number of hydrogen-bond donors (Lipinski definition) is 0. The van der Waals surface area contributed by atoms with Gasteiger partial charge < -0.3 is 18.9 Å². The molecule has 0 radical (unpaired) electrons. The summed E-state index contributed by atoms with van der Waals surface area (Å²) >= 11 is 0. The maximum atomic E-state index is 12.0. The molecule has 6 nitrogen and oxygen atoms in total. The van der Waals surface area contributed by atoms with Crippen LogP contribution in [0.25, 0.3) is 0 Å². The van der Waals surface area contributed by atoms with Gasteiger partial charge in [0.1, 0.15) is 0 Å². The molecule has 7 atom stereocenters. The van der Waals surface area contributed by atoms with Crippen LogP contribution < -0.4 is 0 Å². The highest BCUT2D eigenvalue weighted by Gasteiger charge is 2.53. The molecule has 0 heterocycles. The van der Waals surface area contributed by atoms with Crippen LogP contribution in [0.2, 0.25) is 0 Å².